The number of benzene rings is 2. The normalized spacial score (nSPS) is 10.2. The summed E-state index contributed by atoms with van der Waals surface area (Å²) in [6, 6.07) is 10.6. The molecule has 2 rings (SSSR count). The third kappa shape index (κ3) is 4.46. The molecule has 0 spiro atoms. The highest BCUT2D eigenvalue weighted by molar-refractivity contribution is 8.00. The Morgan fingerprint density at radius 2 is 1.96 bits per heavy atom. The number of carbonyl (C=O) groups excluding carboxylic acids is 2. The van der Waals surface area contributed by atoms with Gasteiger partial charge in [0, 0.05) is 11.6 Å². The summed E-state index contributed by atoms with van der Waals surface area (Å²) in [6.45, 7) is 0. The predicted octanol–water partition coefficient (Wildman–Crippen LogP) is 3.08. The maximum atomic E-state index is 12.0. The SMILES string of the molecule is NC(=O)c1ccc(SCC(=O)Nc2ccccc2Cl)c([N+](=O)[O-])c1. The van der Waals surface area contributed by atoms with Crippen LogP contribution in [0, 0.1) is 10.1 Å². The van der Waals surface area contributed by atoms with Crippen LogP contribution in [0.25, 0.3) is 0 Å². The standard InChI is InChI=1S/C15H12ClN3O4S/c16-10-3-1-2-4-11(10)18-14(20)8-24-13-6-5-9(15(17)21)7-12(13)19(22)23/h1-7H,8H2,(H2,17,21)(H,18,20). The average molecular weight is 366 g/mol. The zero-order valence-corrected chi connectivity index (χ0v) is 13.8. The molecule has 3 N–H and O–H groups in total. The second-order valence-corrected chi connectivity index (χ2v) is 6.04. The Morgan fingerprint density at radius 1 is 1.25 bits per heavy atom. The minimum absolute atomic E-state index is 0.0339. The first-order valence-electron chi connectivity index (χ1n) is 6.64. The molecule has 9 heteroatoms. The molecule has 0 aliphatic rings. The molecule has 0 aromatic heterocycles. The predicted molar refractivity (Wildman–Crippen MR) is 92.4 cm³/mol. The molecule has 0 fully saturated rings. The van der Waals surface area contributed by atoms with E-state index in [9.17, 15) is 19.7 Å². The molecule has 24 heavy (non-hydrogen) atoms. The highest BCUT2D eigenvalue weighted by Crippen LogP contribution is 2.30. The molecule has 0 unspecified atom stereocenters. The van der Waals surface area contributed by atoms with Crippen LogP contribution in [-0.2, 0) is 4.79 Å². The molecule has 0 saturated heterocycles. The number of primary amides is 1. The van der Waals surface area contributed by atoms with Crippen LogP contribution in [0.1, 0.15) is 10.4 Å². The number of thioether (sulfide) groups is 1. The summed E-state index contributed by atoms with van der Waals surface area (Å²) in [5.74, 6) is -1.17. The molecule has 2 aromatic rings. The molecule has 0 heterocycles. The summed E-state index contributed by atoms with van der Waals surface area (Å²) in [7, 11) is 0. The number of nitro benzene ring substituents is 1. The number of halogens is 1. The lowest BCUT2D eigenvalue weighted by atomic mass is 10.2. The first-order valence-corrected chi connectivity index (χ1v) is 8.00. The van der Waals surface area contributed by atoms with Gasteiger partial charge in [-0.15, -0.1) is 11.8 Å². The van der Waals surface area contributed by atoms with E-state index >= 15 is 0 Å². The number of anilines is 1. The number of nitro groups is 1. The molecular formula is C15H12ClN3O4S. The maximum Gasteiger partial charge on any atom is 0.283 e. The summed E-state index contributed by atoms with van der Waals surface area (Å²) in [5.41, 5.74) is 5.33. The number of amides is 2. The van der Waals surface area contributed by atoms with E-state index in [1.54, 1.807) is 24.3 Å². The van der Waals surface area contributed by atoms with E-state index in [-0.39, 0.29) is 27.8 Å². The summed E-state index contributed by atoms with van der Waals surface area (Å²) >= 11 is 6.92. The molecular weight excluding hydrogens is 354 g/mol. The number of para-hydroxylation sites is 1. The third-order valence-corrected chi connectivity index (χ3v) is 4.34. The van der Waals surface area contributed by atoms with Gasteiger partial charge in [0.15, 0.2) is 0 Å². The molecule has 0 atom stereocenters. The molecule has 124 valence electrons. The Kier molecular flexibility index (Phi) is 5.78. The van der Waals surface area contributed by atoms with Gasteiger partial charge in [-0.3, -0.25) is 19.7 Å². The van der Waals surface area contributed by atoms with Crippen molar-refractivity contribution in [3.8, 4) is 0 Å². The van der Waals surface area contributed by atoms with E-state index in [0.717, 1.165) is 17.8 Å². The summed E-state index contributed by atoms with van der Waals surface area (Å²) in [6.07, 6.45) is 0. The van der Waals surface area contributed by atoms with Crippen molar-refractivity contribution in [2.75, 3.05) is 11.1 Å². The lowest BCUT2D eigenvalue weighted by Crippen LogP contribution is -2.14. The topological polar surface area (TPSA) is 115 Å². The summed E-state index contributed by atoms with van der Waals surface area (Å²) < 4.78 is 0. The number of nitrogens with zero attached hydrogens (tertiary/aromatic N) is 1. The Morgan fingerprint density at radius 3 is 2.58 bits per heavy atom. The van der Waals surface area contributed by atoms with Crippen LogP contribution in [0.4, 0.5) is 11.4 Å². The van der Waals surface area contributed by atoms with E-state index in [0.29, 0.717) is 10.7 Å². The van der Waals surface area contributed by atoms with Crippen molar-refractivity contribution >= 4 is 46.6 Å². The first-order chi connectivity index (χ1) is 11.4. The van der Waals surface area contributed by atoms with Gasteiger partial charge in [0.25, 0.3) is 5.69 Å². The van der Waals surface area contributed by atoms with Crippen molar-refractivity contribution in [1.82, 2.24) is 0 Å². The molecule has 2 aromatic carbocycles. The highest BCUT2D eigenvalue weighted by Gasteiger charge is 2.18. The van der Waals surface area contributed by atoms with Gasteiger partial charge in [-0.2, -0.15) is 0 Å². The Balaban J connectivity index is 2.08. The van der Waals surface area contributed by atoms with Gasteiger partial charge in [0.1, 0.15) is 0 Å². The molecule has 0 bridgehead atoms. The minimum Gasteiger partial charge on any atom is -0.366 e. The second-order valence-electron chi connectivity index (χ2n) is 4.62. The number of carbonyl (C=O) groups is 2. The van der Waals surface area contributed by atoms with Crippen LogP contribution >= 0.6 is 23.4 Å². The van der Waals surface area contributed by atoms with E-state index in [4.69, 9.17) is 17.3 Å². The Labute approximate surface area is 146 Å². The van der Waals surface area contributed by atoms with Crippen molar-refractivity contribution in [2.24, 2.45) is 5.73 Å². The molecule has 2 amide bonds. The van der Waals surface area contributed by atoms with Crippen LogP contribution in [0.2, 0.25) is 5.02 Å². The molecule has 0 radical (unpaired) electrons. The van der Waals surface area contributed by atoms with Gasteiger partial charge in [-0.05, 0) is 24.3 Å². The highest BCUT2D eigenvalue weighted by atomic mass is 35.5. The van der Waals surface area contributed by atoms with Crippen molar-refractivity contribution in [2.45, 2.75) is 4.90 Å². The van der Waals surface area contributed by atoms with E-state index in [1.165, 1.54) is 12.1 Å². The van der Waals surface area contributed by atoms with Gasteiger partial charge in [0.2, 0.25) is 11.8 Å². The molecule has 0 saturated carbocycles. The van der Waals surface area contributed by atoms with E-state index in [2.05, 4.69) is 5.32 Å². The van der Waals surface area contributed by atoms with Crippen LogP contribution in [0.3, 0.4) is 0 Å². The van der Waals surface area contributed by atoms with Crippen LogP contribution in [-0.4, -0.2) is 22.5 Å². The van der Waals surface area contributed by atoms with Crippen molar-refractivity contribution in [3.63, 3.8) is 0 Å². The van der Waals surface area contributed by atoms with Gasteiger partial charge < -0.3 is 11.1 Å². The monoisotopic (exact) mass is 365 g/mol. The maximum absolute atomic E-state index is 12.0. The minimum atomic E-state index is -0.758. The lowest BCUT2D eigenvalue weighted by molar-refractivity contribution is -0.387. The number of nitrogens with two attached hydrogens (primary N) is 1. The molecule has 0 aliphatic carbocycles. The quantitative estimate of drug-likeness (QED) is 0.463. The zero-order chi connectivity index (χ0) is 17.7. The Hall–Kier alpha value is -2.58. The van der Waals surface area contributed by atoms with Gasteiger partial charge in [-0.1, -0.05) is 23.7 Å². The largest absolute Gasteiger partial charge is 0.366 e. The number of nitrogens with one attached hydrogen (secondary N) is 1. The average Bonchev–Trinajstić information content (AvgIpc) is 2.54. The van der Waals surface area contributed by atoms with Crippen molar-refractivity contribution in [1.29, 1.82) is 0 Å². The van der Waals surface area contributed by atoms with Crippen LogP contribution in [0.5, 0.6) is 0 Å². The summed E-state index contributed by atoms with van der Waals surface area (Å²) in [4.78, 5) is 33.8. The first kappa shape index (κ1) is 17.8. The van der Waals surface area contributed by atoms with Gasteiger partial charge >= 0.3 is 0 Å². The Bertz CT molecular complexity index is 813. The van der Waals surface area contributed by atoms with Crippen molar-refractivity contribution in [3.05, 3.63) is 63.2 Å². The number of rotatable bonds is 6. The van der Waals surface area contributed by atoms with Crippen LogP contribution < -0.4 is 11.1 Å². The molecule has 0 aliphatic heterocycles. The van der Waals surface area contributed by atoms with Gasteiger partial charge in [0.05, 0.1) is 26.3 Å². The zero-order valence-electron chi connectivity index (χ0n) is 12.2. The number of hydrogen-bond donors (Lipinski definition) is 2. The molecule has 7 nitrogen and oxygen atoms in total. The summed E-state index contributed by atoms with van der Waals surface area (Å²) in [5, 5.41) is 14.1. The fourth-order valence-electron chi connectivity index (χ4n) is 1.83. The second kappa shape index (κ2) is 7.80. The fourth-order valence-corrected chi connectivity index (χ4v) is 2.81. The smallest absolute Gasteiger partial charge is 0.283 e. The van der Waals surface area contributed by atoms with Crippen molar-refractivity contribution < 1.29 is 14.5 Å². The van der Waals surface area contributed by atoms with Gasteiger partial charge in [-0.25, -0.2) is 0 Å². The third-order valence-electron chi connectivity index (χ3n) is 2.95. The number of hydrogen-bond acceptors (Lipinski definition) is 5. The lowest BCUT2D eigenvalue weighted by Gasteiger charge is -2.07. The van der Waals surface area contributed by atoms with E-state index < -0.39 is 10.8 Å². The van der Waals surface area contributed by atoms with Crippen LogP contribution in [0.15, 0.2) is 47.4 Å². The van der Waals surface area contributed by atoms with E-state index in [1.807, 2.05) is 0 Å². The fraction of sp³-hybridized carbons (Fsp3) is 0.0667.